The number of benzene rings is 2. The number of ether oxygens (including phenoxy) is 1. The van der Waals surface area contributed by atoms with Gasteiger partial charge in [-0.3, -0.25) is 4.98 Å². The van der Waals surface area contributed by atoms with Gasteiger partial charge in [0.2, 0.25) is 0 Å². The Bertz CT molecular complexity index is 1380. The van der Waals surface area contributed by atoms with Gasteiger partial charge >= 0.3 is 0 Å². The number of anilines is 2. The number of nitrogens with two attached hydrogens (primary N) is 1. The maximum absolute atomic E-state index is 12.5. The summed E-state index contributed by atoms with van der Waals surface area (Å²) in [6, 6.07) is 17.6. The minimum atomic E-state index is -3.57. The van der Waals surface area contributed by atoms with E-state index in [1.54, 1.807) is 47.5 Å². The molecule has 0 spiro atoms. The van der Waals surface area contributed by atoms with E-state index in [1.807, 2.05) is 12.1 Å². The molecule has 3 N–H and O–H groups in total. The van der Waals surface area contributed by atoms with Crippen LogP contribution in [-0.4, -0.2) is 38.0 Å². The Hall–Kier alpha value is -3.71. The predicted molar refractivity (Wildman–Crippen MR) is 129 cm³/mol. The van der Waals surface area contributed by atoms with Crippen molar-refractivity contribution in [3.63, 3.8) is 0 Å². The highest BCUT2D eigenvalue weighted by Gasteiger charge is 2.25. The molecule has 4 rings (SSSR count). The fourth-order valence-electron chi connectivity index (χ4n) is 3.97. The molecule has 1 aliphatic heterocycles. The molecule has 1 aromatic heterocycles. The average molecular weight is 477 g/mol. The molecule has 1 atom stereocenters. The van der Waals surface area contributed by atoms with Gasteiger partial charge in [0, 0.05) is 47.6 Å². The lowest BCUT2D eigenvalue weighted by Gasteiger charge is -2.32. The Morgan fingerprint density at radius 2 is 2.00 bits per heavy atom. The summed E-state index contributed by atoms with van der Waals surface area (Å²) in [5.74, 6) is 0. The van der Waals surface area contributed by atoms with Crippen LogP contribution in [0, 0.1) is 11.3 Å². The van der Waals surface area contributed by atoms with Crippen LogP contribution in [0.5, 0.6) is 0 Å². The summed E-state index contributed by atoms with van der Waals surface area (Å²) in [4.78, 5) is 5.78. The Kier molecular flexibility index (Phi) is 6.65. The first kappa shape index (κ1) is 23.4. The van der Waals surface area contributed by atoms with Crippen LogP contribution in [-0.2, 0) is 21.1 Å². The number of pyridine rings is 1. The van der Waals surface area contributed by atoms with Gasteiger partial charge in [0.05, 0.1) is 35.4 Å². The van der Waals surface area contributed by atoms with Crippen LogP contribution in [0.4, 0.5) is 11.4 Å². The van der Waals surface area contributed by atoms with Crippen LogP contribution in [0.2, 0.25) is 0 Å². The van der Waals surface area contributed by atoms with E-state index in [4.69, 9.17) is 10.5 Å². The van der Waals surface area contributed by atoms with Crippen molar-refractivity contribution in [1.29, 1.82) is 5.26 Å². The highest BCUT2D eigenvalue weighted by Crippen LogP contribution is 2.34. The summed E-state index contributed by atoms with van der Waals surface area (Å²) in [6.45, 7) is 0.758. The van der Waals surface area contributed by atoms with Crippen molar-refractivity contribution in [2.24, 2.45) is 0 Å². The molecule has 0 saturated carbocycles. The van der Waals surface area contributed by atoms with Crippen molar-refractivity contribution in [3.05, 3.63) is 89.3 Å². The molecule has 9 heteroatoms. The molecule has 2 aromatic carbocycles. The van der Waals surface area contributed by atoms with Crippen LogP contribution in [0.15, 0.2) is 77.5 Å². The first-order valence-corrected chi connectivity index (χ1v) is 12.4. The lowest BCUT2D eigenvalue weighted by atomic mass is 9.99. The Balaban J connectivity index is 1.76. The van der Waals surface area contributed by atoms with Gasteiger partial charge in [-0.15, -0.1) is 0 Å². The van der Waals surface area contributed by atoms with E-state index in [1.165, 1.54) is 12.3 Å². The van der Waals surface area contributed by atoms with Crippen molar-refractivity contribution in [2.45, 2.75) is 17.7 Å². The second-order valence-corrected chi connectivity index (χ2v) is 10.00. The van der Waals surface area contributed by atoms with E-state index in [0.29, 0.717) is 29.1 Å². The standard InChI is InChI=1S/C25H24N4O4S/c1-34(31,32)24-7-3-2-6-23(24)29(25(30)18-5-4-10-28-13-18)14-17-8-9-20(22(27)11-17)21-16-33-15-19(21)12-26/h2-11,13,25,30H,14-16,27H2,1H3. The second-order valence-electron chi connectivity index (χ2n) is 8.01. The summed E-state index contributed by atoms with van der Waals surface area (Å²) >= 11 is 0. The lowest BCUT2D eigenvalue weighted by Crippen LogP contribution is -2.29. The maximum Gasteiger partial charge on any atom is 0.177 e. The predicted octanol–water partition coefficient (Wildman–Crippen LogP) is 3.07. The molecule has 174 valence electrons. The molecule has 34 heavy (non-hydrogen) atoms. The number of hydrogen-bond acceptors (Lipinski definition) is 8. The van der Waals surface area contributed by atoms with Crippen molar-refractivity contribution >= 4 is 26.8 Å². The zero-order valence-corrected chi connectivity index (χ0v) is 19.4. The van der Waals surface area contributed by atoms with Crippen molar-refractivity contribution in [2.75, 3.05) is 30.1 Å². The van der Waals surface area contributed by atoms with Crippen molar-refractivity contribution < 1.29 is 18.3 Å². The molecule has 0 radical (unpaired) electrons. The van der Waals surface area contributed by atoms with E-state index in [-0.39, 0.29) is 18.0 Å². The zero-order chi connectivity index (χ0) is 24.3. The molecule has 0 aliphatic carbocycles. The third-order valence-electron chi connectivity index (χ3n) is 5.64. The van der Waals surface area contributed by atoms with Gasteiger partial charge in [-0.05, 0) is 29.8 Å². The monoisotopic (exact) mass is 476 g/mol. The number of nitrogen functional groups attached to an aromatic ring is 1. The molecular weight excluding hydrogens is 452 g/mol. The molecular formula is C25H24N4O4S. The van der Waals surface area contributed by atoms with Crippen LogP contribution >= 0.6 is 0 Å². The number of hydrogen-bond donors (Lipinski definition) is 2. The Morgan fingerprint density at radius 3 is 2.68 bits per heavy atom. The Morgan fingerprint density at radius 1 is 1.21 bits per heavy atom. The van der Waals surface area contributed by atoms with Gasteiger partial charge in [0.1, 0.15) is 0 Å². The van der Waals surface area contributed by atoms with Gasteiger partial charge in [0.15, 0.2) is 16.1 Å². The average Bonchev–Trinajstić information content (AvgIpc) is 3.31. The molecule has 0 fully saturated rings. The van der Waals surface area contributed by atoms with Crippen LogP contribution in [0.25, 0.3) is 5.57 Å². The highest BCUT2D eigenvalue weighted by molar-refractivity contribution is 7.90. The summed E-state index contributed by atoms with van der Waals surface area (Å²) in [7, 11) is -3.57. The number of aromatic nitrogens is 1. The third kappa shape index (κ3) is 4.79. The molecule has 1 aliphatic rings. The normalized spacial score (nSPS) is 14.6. The maximum atomic E-state index is 12.5. The van der Waals surface area contributed by atoms with Gasteiger partial charge in [-0.1, -0.05) is 30.3 Å². The fourth-order valence-corrected chi connectivity index (χ4v) is 4.86. The van der Waals surface area contributed by atoms with Crippen LogP contribution in [0.3, 0.4) is 0 Å². The summed E-state index contributed by atoms with van der Waals surface area (Å²) in [6.07, 6.45) is 3.11. The van der Waals surface area contributed by atoms with E-state index in [0.717, 1.165) is 23.0 Å². The highest BCUT2D eigenvalue weighted by atomic mass is 32.2. The first-order chi connectivity index (χ1) is 16.3. The number of para-hydroxylation sites is 1. The van der Waals surface area contributed by atoms with Gasteiger partial charge in [0.25, 0.3) is 0 Å². The third-order valence-corrected chi connectivity index (χ3v) is 6.78. The topological polar surface area (TPSA) is 130 Å². The number of nitrogens with zero attached hydrogens (tertiary/aromatic N) is 3. The zero-order valence-electron chi connectivity index (χ0n) is 18.5. The molecule has 0 bridgehead atoms. The molecule has 2 heterocycles. The largest absolute Gasteiger partial charge is 0.398 e. The van der Waals surface area contributed by atoms with Crippen molar-refractivity contribution in [3.8, 4) is 6.07 Å². The molecule has 3 aromatic rings. The number of sulfone groups is 1. The summed E-state index contributed by atoms with van der Waals surface area (Å²) < 4.78 is 30.4. The second kappa shape index (κ2) is 9.65. The number of aliphatic hydroxyl groups is 1. The molecule has 0 saturated heterocycles. The number of aliphatic hydroxyl groups excluding tert-OH is 1. The van der Waals surface area contributed by atoms with E-state index in [2.05, 4.69) is 11.1 Å². The SMILES string of the molecule is CS(=O)(=O)c1ccccc1N(Cc1ccc(C2=C(C#N)COC2)c(N)c1)C(O)c1cccnc1. The van der Waals surface area contributed by atoms with Crippen molar-refractivity contribution in [1.82, 2.24) is 4.98 Å². The summed E-state index contributed by atoms with van der Waals surface area (Å²) in [5.41, 5.74) is 10.5. The molecule has 1 unspecified atom stereocenters. The minimum absolute atomic E-state index is 0.106. The van der Waals surface area contributed by atoms with Gasteiger partial charge in [-0.2, -0.15) is 5.26 Å². The lowest BCUT2D eigenvalue weighted by molar-refractivity contribution is 0.169. The molecule has 0 amide bonds. The van der Waals surface area contributed by atoms with Gasteiger partial charge < -0.3 is 20.5 Å². The number of rotatable bonds is 7. The molecule has 8 nitrogen and oxygen atoms in total. The van der Waals surface area contributed by atoms with E-state index >= 15 is 0 Å². The Labute approximate surface area is 198 Å². The van der Waals surface area contributed by atoms with Crippen LogP contribution < -0.4 is 10.6 Å². The first-order valence-electron chi connectivity index (χ1n) is 10.5. The van der Waals surface area contributed by atoms with Crippen LogP contribution in [0.1, 0.15) is 22.9 Å². The fraction of sp³-hybridized carbons (Fsp3) is 0.200. The number of nitriles is 1. The van der Waals surface area contributed by atoms with Gasteiger partial charge in [-0.25, -0.2) is 8.42 Å². The smallest absolute Gasteiger partial charge is 0.177 e. The summed E-state index contributed by atoms with van der Waals surface area (Å²) in [5, 5.41) is 20.6. The minimum Gasteiger partial charge on any atom is -0.398 e. The van der Waals surface area contributed by atoms with E-state index < -0.39 is 16.1 Å². The van der Waals surface area contributed by atoms with E-state index in [9.17, 15) is 18.8 Å². The quantitative estimate of drug-likeness (QED) is 0.393.